The van der Waals surface area contributed by atoms with Crippen LogP contribution < -0.4 is 0 Å². The SMILES string of the molecule is c1cc2cc(c1)-c1c3cccc1COCc1ccccc1COCc1cccc(c1-2)COCc1ccccc1COC3. The van der Waals surface area contributed by atoms with Gasteiger partial charge in [-0.1, -0.05) is 103 Å². The quantitative estimate of drug-likeness (QED) is 0.192. The Morgan fingerprint density at radius 1 is 0.286 bits per heavy atom. The summed E-state index contributed by atoms with van der Waals surface area (Å²) in [5.41, 5.74) is 13.9. The third-order valence-electron chi connectivity index (χ3n) is 8.21. The summed E-state index contributed by atoms with van der Waals surface area (Å²) in [6.07, 6.45) is 0. The van der Waals surface area contributed by atoms with E-state index >= 15 is 0 Å². The second-order valence-electron chi connectivity index (χ2n) is 11.0. The number of ether oxygens (including phenoxy) is 4. The van der Waals surface area contributed by atoms with E-state index in [9.17, 15) is 0 Å². The number of rotatable bonds is 0. The lowest BCUT2D eigenvalue weighted by Crippen LogP contribution is -2.05. The summed E-state index contributed by atoms with van der Waals surface area (Å²) in [4.78, 5) is 0. The minimum atomic E-state index is 0.501. The van der Waals surface area contributed by atoms with Crippen LogP contribution in [0.1, 0.15) is 44.5 Å². The number of fused-ring (bicyclic) bond motifs is 2. The molecule has 7 rings (SSSR count). The van der Waals surface area contributed by atoms with Gasteiger partial charge < -0.3 is 18.9 Å². The minimum Gasteiger partial charge on any atom is -0.372 e. The molecule has 5 aromatic rings. The molecule has 42 heavy (non-hydrogen) atoms. The van der Waals surface area contributed by atoms with Crippen LogP contribution in [0.3, 0.4) is 0 Å². The molecular weight excluding hydrogens is 520 g/mol. The fraction of sp³-hybridized carbons (Fsp3) is 0.211. The third kappa shape index (κ3) is 5.67. The van der Waals surface area contributed by atoms with E-state index in [1.165, 1.54) is 11.1 Å². The molecule has 4 nitrogen and oxygen atoms in total. The zero-order valence-corrected chi connectivity index (χ0v) is 23.7. The number of hydrogen-bond acceptors (Lipinski definition) is 4. The van der Waals surface area contributed by atoms with Crippen LogP contribution in [0, 0.1) is 0 Å². The van der Waals surface area contributed by atoms with Gasteiger partial charge in [-0.05, 0) is 72.8 Å². The average Bonchev–Trinajstić information content (AvgIpc) is 3.02. The first-order valence-electron chi connectivity index (χ1n) is 14.6. The smallest absolute Gasteiger partial charge is 0.0727 e. The van der Waals surface area contributed by atoms with Crippen LogP contribution in [0.15, 0.2) is 109 Å². The number of hydrogen-bond donors (Lipinski definition) is 0. The van der Waals surface area contributed by atoms with E-state index < -0.39 is 0 Å². The summed E-state index contributed by atoms with van der Waals surface area (Å²) >= 11 is 0. The predicted octanol–water partition coefficient (Wildman–Crippen LogP) is 8.51. The lowest BCUT2D eigenvalue weighted by atomic mass is 9.89. The first kappa shape index (κ1) is 26.8. The zero-order valence-electron chi connectivity index (χ0n) is 23.7. The topological polar surface area (TPSA) is 36.9 Å². The molecule has 4 bridgehead atoms. The van der Waals surface area contributed by atoms with Gasteiger partial charge >= 0.3 is 0 Å². The van der Waals surface area contributed by atoms with Crippen molar-refractivity contribution < 1.29 is 18.9 Å². The van der Waals surface area contributed by atoms with E-state index in [1.54, 1.807) is 0 Å². The molecule has 0 N–H and O–H groups in total. The first-order chi connectivity index (χ1) is 20.8. The van der Waals surface area contributed by atoms with Crippen molar-refractivity contribution in [1.82, 2.24) is 0 Å². The van der Waals surface area contributed by atoms with Crippen LogP contribution in [0.25, 0.3) is 22.3 Å². The molecule has 4 heteroatoms. The molecule has 2 heterocycles. The molecule has 210 valence electrons. The standard InChI is InChI=1S/C38H34O4/c1-2-9-30-20-40-24-34-15-7-17-36-26-42-22-32-11-4-3-10-31(32)21-41-25-35-16-6-14-33(23-39-19-29(30)8-1)37(35)27-12-5-13-28(18-27)38(34)36/h1-18H,19-26H2. The van der Waals surface area contributed by atoms with Crippen molar-refractivity contribution in [2.24, 2.45) is 0 Å². The summed E-state index contributed by atoms with van der Waals surface area (Å²) in [6, 6.07) is 38.6. The Morgan fingerprint density at radius 2 is 0.548 bits per heavy atom. The van der Waals surface area contributed by atoms with Gasteiger partial charge in [0.25, 0.3) is 0 Å². The molecule has 5 aromatic carbocycles. The fourth-order valence-corrected chi connectivity index (χ4v) is 6.12. The van der Waals surface area contributed by atoms with Crippen molar-refractivity contribution in [2.75, 3.05) is 0 Å². The summed E-state index contributed by atoms with van der Waals surface area (Å²) in [5.74, 6) is 0. The second kappa shape index (κ2) is 12.4. The van der Waals surface area contributed by atoms with Gasteiger partial charge in [0.15, 0.2) is 0 Å². The molecule has 2 aliphatic rings. The highest BCUT2D eigenvalue weighted by atomic mass is 16.5. The monoisotopic (exact) mass is 554 g/mol. The normalized spacial score (nSPS) is 15.4. The first-order valence-corrected chi connectivity index (χ1v) is 14.6. The van der Waals surface area contributed by atoms with Gasteiger partial charge in [-0.2, -0.15) is 0 Å². The Bertz CT molecular complexity index is 1490. The Kier molecular flexibility index (Phi) is 7.94. The molecule has 0 unspecified atom stereocenters. The van der Waals surface area contributed by atoms with Crippen LogP contribution in [-0.2, 0) is 71.8 Å². The molecule has 0 radical (unpaired) electrons. The van der Waals surface area contributed by atoms with Crippen LogP contribution in [0.2, 0.25) is 0 Å². The molecule has 0 aromatic heterocycles. The van der Waals surface area contributed by atoms with Gasteiger partial charge in [-0.3, -0.25) is 0 Å². The third-order valence-corrected chi connectivity index (χ3v) is 8.21. The second-order valence-corrected chi connectivity index (χ2v) is 11.0. The molecule has 0 saturated carbocycles. The minimum absolute atomic E-state index is 0.501. The molecule has 0 spiro atoms. The van der Waals surface area contributed by atoms with E-state index in [-0.39, 0.29) is 0 Å². The van der Waals surface area contributed by atoms with E-state index in [4.69, 9.17) is 18.9 Å². The van der Waals surface area contributed by atoms with Gasteiger partial charge in [-0.15, -0.1) is 0 Å². The van der Waals surface area contributed by atoms with Crippen molar-refractivity contribution in [3.05, 3.63) is 154 Å². The van der Waals surface area contributed by atoms with Crippen molar-refractivity contribution in [3.63, 3.8) is 0 Å². The molecule has 0 amide bonds. The lowest BCUT2D eigenvalue weighted by Gasteiger charge is -2.18. The maximum atomic E-state index is 6.37. The van der Waals surface area contributed by atoms with Gasteiger partial charge in [0.05, 0.1) is 52.9 Å². The van der Waals surface area contributed by atoms with Crippen LogP contribution in [0.4, 0.5) is 0 Å². The van der Waals surface area contributed by atoms with Crippen molar-refractivity contribution in [3.8, 4) is 22.3 Å². The lowest BCUT2D eigenvalue weighted by molar-refractivity contribution is 0.0903. The molecular formula is C38H34O4. The Hall–Kier alpha value is -4.06. The van der Waals surface area contributed by atoms with Crippen LogP contribution in [0.5, 0.6) is 0 Å². The van der Waals surface area contributed by atoms with Crippen molar-refractivity contribution >= 4 is 0 Å². The molecule has 0 saturated heterocycles. The molecule has 2 aliphatic heterocycles. The zero-order chi connectivity index (χ0) is 28.1. The average molecular weight is 555 g/mol. The highest BCUT2D eigenvalue weighted by Crippen LogP contribution is 2.36. The Labute approximate surface area is 247 Å². The maximum absolute atomic E-state index is 6.37. The number of benzene rings is 5. The van der Waals surface area contributed by atoms with E-state index in [1.807, 2.05) is 0 Å². The Morgan fingerprint density at radius 3 is 0.881 bits per heavy atom. The largest absolute Gasteiger partial charge is 0.372 e. The van der Waals surface area contributed by atoms with Gasteiger partial charge in [-0.25, -0.2) is 0 Å². The summed E-state index contributed by atoms with van der Waals surface area (Å²) in [7, 11) is 0. The molecule has 0 aliphatic carbocycles. The fourth-order valence-electron chi connectivity index (χ4n) is 6.12. The van der Waals surface area contributed by atoms with Crippen molar-refractivity contribution in [2.45, 2.75) is 52.9 Å². The van der Waals surface area contributed by atoms with Gasteiger partial charge in [0, 0.05) is 0 Å². The summed E-state index contributed by atoms with van der Waals surface area (Å²) < 4.78 is 25.5. The highest BCUT2D eigenvalue weighted by Gasteiger charge is 2.18. The van der Waals surface area contributed by atoms with Crippen LogP contribution >= 0.6 is 0 Å². The van der Waals surface area contributed by atoms with Gasteiger partial charge in [0.1, 0.15) is 0 Å². The maximum Gasteiger partial charge on any atom is 0.0727 e. The summed E-state index contributed by atoms with van der Waals surface area (Å²) in [5, 5.41) is 0. The van der Waals surface area contributed by atoms with E-state index in [0.29, 0.717) is 52.9 Å². The molecule has 0 atom stereocenters. The van der Waals surface area contributed by atoms with Crippen molar-refractivity contribution in [1.29, 1.82) is 0 Å². The van der Waals surface area contributed by atoms with Crippen LogP contribution in [-0.4, -0.2) is 0 Å². The predicted molar refractivity (Wildman–Crippen MR) is 164 cm³/mol. The Balaban J connectivity index is 1.41. The highest BCUT2D eigenvalue weighted by molar-refractivity contribution is 5.79. The van der Waals surface area contributed by atoms with Gasteiger partial charge in [0.2, 0.25) is 0 Å². The van der Waals surface area contributed by atoms with E-state index in [0.717, 1.165) is 55.6 Å². The summed E-state index contributed by atoms with van der Waals surface area (Å²) in [6.45, 7) is 4.09. The molecule has 0 fully saturated rings. The van der Waals surface area contributed by atoms with E-state index in [2.05, 4.69) is 109 Å².